The zero-order valence-electron chi connectivity index (χ0n) is 11.9. The molecule has 0 aromatic rings. The maximum Gasteiger partial charge on any atom is 0.215 e. The van der Waals surface area contributed by atoms with Crippen molar-refractivity contribution in [3.8, 4) is 0 Å². The van der Waals surface area contributed by atoms with E-state index in [4.69, 9.17) is 0 Å². The van der Waals surface area contributed by atoms with Gasteiger partial charge < -0.3 is 10.2 Å². The summed E-state index contributed by atoms with van der Waals surface area (Å²) in [5.41, 5.74) is 0. The van der Waals surface area contributed by atoms with Gasteiger partial charge in [-0.05, 0) is 33.4 Å². The minimum atomic E-state index is -3.22. The molecule has 0 saturated carbocycles. The topological polar surface area (TPSA) is 61.4 Å². The van der Waals surface area contributed by atoms with Gasteiger partial charge in [0.2, 0.25) is 10.0 Å². The third-order valence-corrected chi connectivity index (χ3v) is 5.19. The van der Waals surface area contributed by atoms with Gasteiger partial charge in [-0.1, -0.05) is 13.8 Å². The Hall–Kier alpha value is -0.170. The Labute approximate surface area is 111 Å². The first-order valence-corrected chi connectivity index (χ1v) is 8.29. The largest absolute Gasteiger partial charge is 0.313 e. The number of likely N-dealkylation sites (N-methyl/N-ethyl adjacent to an activating group) is 1. The van der Waals surface area contributed by atoms with E-state index in [0.717, 1.165) is 25.9 Å². The second-order valence-corrected chi connectivity index (χ2v) is 7.77. The highest BCUT2D eigenvalue weighted by molar-refractivity contribution is 7.90. The number of nitrogens with one attached hydrogen (secondary N) is 2. The van der Waals surface area contributed by atoms with Gasteiger partial charge in [0.25, 0.3) is 0 Å². The number of likely N-dealkylation sites (tertiary alicyclic amines) is 1. The molecule has 6 heteroatoms. The van der Waals surface area contributed by atoms with Crippen LogP contribution >= 0.6 is 0 Å². The van der Waals surface area contributed by atoms with Crippen molar-refractivity contribution >= 4 is 10.0 Å². The van der Waals surface area contributed by atoms with Crippen LogP contribution in [0.1, 0.15) is 33.6 Å². The molecule has 2 N–H and O–H groups in total. The quantitative estimate of drug-likeness (QED) is 0.737. The van der Waals surface area contributed by atoms with Crippen molar-refractivity contribution in [2.24, 2.45) is 0 Å². The smallest absolute Gasteiger partial charge is 0.215 e. The van der Waals surface area contributed by atoms with Crippen LogP contribution in [0.5, 0.6) is 0 Å². The molecule has 108 valence electrons. The monoisotopic (exact) mass is 277 g/mol. The third kappa shape index (κ3) is 5.22. The predicted molar refractivity (Wildman–Crippen MR) is 75.2 cm³/mol. The van der Waals surface area contributed by atoms with Crippen LogP contribution in [0.4, 0.5) is 0 Å². The van der Waals surface area contributed by atoms with Crippen molar-refractivity contribution in [1.82, 2.24) is 14.9 Å². The van der Waals surface area contributed by atoms with E-state index in [0.29, 0.717) is 12.6 Å². The number of piperidine rings is 1. The molecule has 5 nitrogen and oxygen atoms in total. The predicted octanol–water partition coefficient (Wildman–Crippen LogP) is 0.387. The van der Waals surface area contributed by atoms with Crippen LogP contribution in [-0.2, 0) is 10.0 Å². The van der Waals surface area contributed by atoms with Crippen LogP contribution in [0.25, 0.3) is 0 Å². The van der Waals surface area contributed by atoms with E-state index >= 15 is 0 Å². The summed E-state index contributed by atoms with van der Waals surface area (Å²) in [6, 6.07) is 0.374. The Bertz CT molecular complexity index is 343. The molecule has 1 aliphatic heterocycles. The van der Waals surface area contributed by atoms with Gasteiger partial charge in [-0.25, -0.2) is 13.1 Å². The Balaban J connectivity index is 2.47. The Kier molecular flexibility index (Phi) is 6.04. The lowest BCUT2D eigenvalue weighted by Gasteiger charge is -2.31. The molecule has 1 fully saturated rings. The molecule has 1 aliphatic rings. The van der Waals surface area contributed by atoms with Crippen LogP contribution in [0.3, 0.4) is 0 Å². The molecule has 0 spiro atoms. The minimum Gasteiger partial charge on any atom is -0.313 e. The lowest BCUT2D eigenvalue weighted by molar-refractivity contribution is 0.242. The molecule has 0 radical (unpaired) electrons. The van der Waals surface area contributed by atoms with Crippen molar-refractivity contribution in [3.63, 3.8) is 0 Å². The number of hydrogen-bond acceptors (Lipinski definition) is 4. The molecule has 0 amide bonds. The fraction of sp³-hybridized carbons (Fsp3) is 1.00. The highest BCUT2D eigenvalue weighted by Gasteiger charge is 2.26. The van der Waals surface area contributed by atoms with E-state index in [9.17, 15) is 8.42 Å². The molecule has 2 atom stereocenters. The third-order valence-electron chi connectivity index (χ3n) is 3.30. The lowest BCUT2D eigenvalue weighted by atomic mass is 10.1. The second kappa shape index (κ2) is 6.84. The van der Waals surface area contributed by atoms with Crippen molar-refractivity contribution in [2.75, 3.05) is 26.7 Å². The van der Waals surface area contributed by atoms with E-state index in [2.05, 4.69) is 14.9 Å². The average molecular weight is 277 g/mol. The van der Waals surface area contributed by atoms with Gasteiger partial charge in [-0.3, -0.25) is 0 Å². The number of hydrogen-bond donors (Lipinski definition) is 2. The normalized spacial score (nSPS) is 24.4. The van der Waals surface area contributed by atoms with Crippen LogP contribution in [0.15, 0.2) is 0 Å². The van der Waals surface area contributed by atoms with E-state index in [1.165, 1.54) is 0 Å². The molecule has 0 aromatic carbocycles. The first-order valence-electron chi connectivity index (χ1n) is 6.74. The van der Waals surface area contributed by atoms with Gasteiger partial charge in [-0.2, -0.15) is 0 Å². The van der Waals surface area contributed by atoms with E-state index < -0.39 is 15.3 Å². The Morgan fingerprint density at radius 2 is 2.00 bits per heavy atom. The Morgan fingerprint density at radius 3 is 2.56 bits per heavy atom. The zero-order valence-corrected chi connectivity index (χ0v) is 12.8. The van der Waals surface area contributed by atoms with Crippen molar-refractivity contribution in [1.29, 1.82) is 0 Å². The fourth-order valence-electron chi connectivity index (χ4n) is 2.12. The van der Waals surface area contributed by atoms with Gasteiger partial charge in [0, 0.05) is 25.2 Å². The summed E-state index contributed by atoms with van der Waals surface area (Å²) in [5, 5.41) is 2.77. The van der Waals surface area contributed by atoms with Crippen LogP contribution in [0, 0.1) is 0 Å². The molecule has 0 aromatic heterocycles. The van der Waals surface area contributed by atoms with E-state index in [1.807, 2.05) is 20.9 Å². The van der Waals surface area contributed by atoms with Crippen LogP contribution in [0.2, 0.25) is 0 Å². The fourth-order valence-corrected chi connectivity index (χ4v) is 3.33. The molecule has 2 unspecified atom stereocenters. The van der Waals surface area contributed by atoms with Gasteiger partial charge in [0.05, 0.1) is 5.25 Å². The summed E-state index contributed by atoms with van der Waals surface area (Å²) in [4.78, 5) is 2.17. The Morgan fingerprint density at radius 1 is 1.33 bits per heavy atom. The highest BCUT2D eigenvalue weighted by atomic mass is 32.2. The van der Waals surface area contributed by atoms with Crippen molar-refractivity contribution in [3.05, 3.63) is 0 Å². The minimum absolute atomic E-state index is 0.0650. The molecule has 1 rings (SSSR count). The number of rotatable bonds is 6. The summed E-state index contributed by atoms with van der Waals surface area (Å²) in [7, 11) is -1.19. The zero-order chi connectivity index (χ0) is 13.8. The summed E-state index contributed by atoms with van der Waals surface area (Å²) < 4.78 is 27.1. The van der Waals surface area contributed by atoms with Crippen LogP contribution in [-0.4, -0.2) is 57.3 Å². The van der Waals surface area contributed by atoms with Crippen LogP contribution < -0.4 is 10.0 Å². The van der Waals surface area contributed by atoms with E-state index in [-0.39, 0.29) is 6.04 Å². The summed E-state index contributed by atoms with van der Waals surface area (Å²) in [5.74, 6) is 0. The maximum atomic E-state index is 12.1. The molecular formula is C12H27N3O2S. The van der Waals surface area contributed by atoms with Gasteiger partial charge in [0.1, 0.15) is 0 Å². The first-order chi connectivity index (χ1) is 8.31. The van der Waals surface area contributed by atoms with E-state index in [1.54, 1.807) is 6.92 Å². The molecule has 0 bridgehead atoms. The summed E-state index contributed by atoms with van der Waals surface area (Å²) in [6.45, 7) is 8.15. The SMILES string of the molecule is CC(C)NCC(C)S(=O)(=O)NC1CCCN(C)C1. The summed E-state index contributed by atoms with van der Waals surface area (Å²) in [6.07, 6.45) is 2.00. The van der Waals surface area contributed by atoms with Crippen molar-refractivity contribution in [2.45, 2.75) is 50.9 Å². The first kappa shape index (κ1) is 15.9. The number of nitrogens with zero attached hydrogens (tertiary/aromatic N) is 1. The van der Waals surface area contributed by atoms with Gasteiger partial charge >= 0.3 is 0 Å². The summed E-state index contributed by atoms with van der Waals surface area (Å²) >= 11 is 0. The molecule has 0 aliphatic carbocycles. The second-order valence-electron chi connectivity index (χ2n) is 5.64. The standard InChI is InChI=1S/C12H27N3O2S/c1-10(2)13-8-11(3)18(16,17)14-12-6-5-7-15(4)9-12/h10-14H,5-9H2,1-4H3. The van der Waals surface area contributed by atoms with Gasteiger partial charge in [-0.15, -0.1) is 0 Å². The maximum absolute atomic E-state index is 12.1. The lowest BCUT2D eigenvalue weighted by Crippen LogP contribution is -2.50. The molecule has 1 heterocycles. The highest BCUT2D eigenvalue weighted by Crippen LogP contribution is 2.10. The average Bonchev–Trinajstić information content (AvgIpc) is 2.25. The van der Waals surface area contributed by atoms with Gasteiger partial charge in [0.15, 0.2) is 0 Å². The molecule has 18 heavy (non-hydrogen) atoms. The molecular weight excluding hydrogens is 250 g/mol. The van der Waals surface area contributed by atoms with Crippen molar-refractivity contribution < 1.29 is 8.42 Å². The molecule has 1 saturated heterocycles. The number of sulfonamides is 1.